The lowest BCUT2D eigenvalue weighted by Gasteiger charge is -2.47. The van der Waals surface area contributed by atoms with Gasteiger partial charge in [0.15, 0.2) is 0 Å². The highest BCUT2D eigenvalue weighted by atomic mass is 35.5. The van der Waals surface area contributed by atoms with Crippen LogP contribution in [0.3, 0.4) is 0 Å². The fraction of sp³-hybridized carbons (Fsp3) is 0.522. The van der Waals surface area contributed by atoms with Gasteiger partial charge >= 0.3 is 0 Å². The van der Waals surface area contributed by atoms with E-state index in [1.807, 2.05) is 25.3 Å². The average molecular weight is 477 g/mol. The zero-order chi connectivity index (χ0) is 22.7. The van der Waals surface area contributed by atoms with E-state index in [1.54, 1.807) is 12.3 Å². The minimum atomic E-state index is -0.221. The summed E-state index contributed by atoms with van der Waals surface area (Å²) in [7, 11) is 0. The predicted molar refractivity (Wildman–Crippen MR) is 129 cm³/mol. The maximum absolute atomic E-state index is 11.1. The predicted octanol–water partition coefficient (Wildman–Crippen LogP) is 3.98. The Labute approximate surface area is 199 Å². The Hall–Kier alpha value is -2.09. The number of aromatic nitrogens is 2. The molecule has 2 saturated heterocycles. The summed E-state index contributed by atoms with van der Waals surface area (Å²) in [5.41, 5.74) is 6.27. The number of halogens is 2. The van der Waals surface area contributed by atoms with Gasteiger partial charge < -0.3 is 20.9 Å². The van der Waals surface area contributed by atoms with Gasteiger partial charge in [-0.25, -0.2) is 4.98 Å². The number of carbonyl (C=O) groups excluding carboxylic acids is 1. The van der Waals surface area contributed by atoms with Crippen LogP contribution in [0.25, 0.3) is 0 Å². The molecule has 4 rings (SSSR count). The molecule has 2 atom stereocenters. The van der Waals surface area contributed by atoms with Crippen LogP contribution in [0.5, 0.6) is 0 Å². The fourth-order valence-electron chi connectivity index (χ4n) is 4.68. The molecule has 9 heteroatoms. The Balaban J connectivity index is 1.31. The first kappa shape index (κ1) is 23.1. The standard InChI is InChI=1S/C23H30Cl2N6O/c1-15(19-5-4-18(24)9-20(19)25)28-22-10-27-11-23(29-22)31-13-17(14-31)16-3-2-7-30(12-16)8-6-21(26)32/h4-5,9-11,15-17H,2-3,6-8,12-14H2,1H3,(H2,26,32)(H,28,29)/t15-,16-/m1/s1. The summed E-state index contributed by atoms with van der Waals surface area (Å²) in [6, 6.07) is 5.49. The molecule has 1 amide bonds. The summed E-state index contributed by atoms with van der Waals surface area (Å²) in [5, 5.41) is 4.64. The number of benzene rings is 1. The molecule has 1 aromatic heterocycles. The molecule has 0 aliphatic carbocycles. The van der Waals surface area contributed by atoms with E-state index in [4.69, 9.17) is 33.9 Å². The van der Waals surface area contributed by atoms with Crippen LogP contribution in [0.1, 0.15) is 37.8 Å². The minimum Gasteiger partial charge on any atom is -0.370 e. The Bertz CT molecular complexity index is 952. The number of hydrogen-bond donors (Lipinski definition) is 2. The first-order valence-corrected chi connectivity index (χ1v) is 11.9. The van der Waals surface area contributed by atoms with Crippen molar-refractivity contribution in [3.8, 4) is 0 Å². The highest BCUT2D eigenvalue weighted by molar-refractivity contribution is 6.35. The summed E-state index contributed by atoms with van der Waals surface area (Å²) in [6.45, 7) is 6.91. The van der Waals surface area contributed by atoms with Gasteiger partial charge in [0.1, 0.15) is 11.6 Å². The van der Waals surface area contributed by atoms with Crippen molar-refractivity contribution in [3.05, 3.63) is 46.2 Å². The Morgan fingerprint density at radius 3 is 2.81 bits per heavy atom. The molecule has 0 spiro atoms. The van der Waals surface area contributed by atoms with Gasteiger partial charge in [-0.1, -0.05) is 29.3 Å². The highest BCUT2D eigenvalue weighted by Gasteiger charge is 2.36. The third-order valence-electron chi connectivity index (χ3n) is 6.53. The Kier molecular flexibility index (Phi) is 7.38. The van der Waals surface area contributed by atoms with Crippen molar-refractivity contribution in [2.75, 3.05) is 42.9 Å². The number of anilines is 2. The number of nitrogens with two attached hydrogens (primary N) is 1. The lowest BCUT2D eigenvalue weighted by atomic mass is 9.80. The Morgan fingerprint density at radius 1 is 1.25 bits per heavy atom. The molecule has 172 valence electrons. The molecule has 7 nitrogen and oxygen atoms in total. The molecule has 1 aromatic carbocycles. The summed E-state index contributed by atoms with van der Waals surface area (Å²) in [4.78, 5) is 24.9. The van der Waals surface area contributed by atoms with Crippen LogP contribution in [-0.2, 0) is 4.79 Å². The van der Waals surface area contributed by atoms with Crippen LogP contribution >= 0.6 is 23.2 Å². The molecule has 0 unspecified atom stereocenters. The van der Waals surface area contributed by atoms with Crippen LogP contribution in [0.2, 0.25) is 10.0 Å². The quantitative estimate of drug-likeness (QED) is 0.598. The maximum atomic E-state index is 11.1. The van der Waals surface area contributed by atoms with Gasteiger partial charge in [0.2, 0.25) is 5.91 Å². The van der Waals surface area contributed by atoms with Gasteiger partial charge in [-0.05, 0) is 55.8 Å². The smallest absolute Gasteiger partial charge is 0.218 e. The largest absolute Gasteiger partial charge is 0.370 e. The molecule has 0 radical (unpaired) electrons. The van der Waals surface area contributed by atoms with E-state index in [1.165, 1.54) is 12.8 Å². The lowest BCUT2D eigenvalue weighted by Crippen LogP contribution is -2.54. The number of primary amides is 1. The summed E-state index contributed by atoms with van der Waals surface area (Å²) < 4.78 is 0. The number of rotatable bonds is 8. The number of nitrogens with one attached hydrogen (secondary N) is 1. The monoisotopic (exact) mass is 476 g/mol. The molecule has 2 aliphatic rings. The van der Waals surface area contributed by atoms with Crippen molar-refractivity contribution < 1.29 is 4.79 Å². The number of amides is 1. The van der Waals surface area contributed by atoms with Crippen LogP contribution in [0.4, 0.5) is 11.6 Å². The van der Waals surface area contributed by atoms with Crippen LogP contribution in [0, 0.1) is 11.8 Å². The normalized spacial score (nSPS) is 20.6. The van der Waals surface area contributed by atoms with E-state index < -0.39 is 0 Å². The molecule has 3 heterocycles. The van der Waals surface area contributed by atoms with Gasteiger partial charge in [0.05, 0.1) is 18.4 Å². The van der Waals surface area contributed by atoms with E-state index in [0.717, 1.165) is 49.9 Å². The molecular weight excluding hydrogens is 447 g/mol. The van der Waals surface area contributed by atoms with E-state index in [-0.39, 0.29) is 11.9 Å². The molecule has 32 heavy (non-hydrogen) atoms. The van der Waals surface area contributed by atoms with Gasteiger partial charge in [-0.3, -0.25) is 9.78 Å². The SMILES string of the molecule is C[C@@H](Nc1cncc(N2CC([C@@H]3CCCN(CCC(N)=O)C3)C2)n1)c1ccc(Cl)cc1Cl. The number of carbonyl (C=O) groups is 1. The van der Waals surface area contributed by atoms with Crippen LogP contribution in [0.15, 0.2) is 30.6 Å². The number of hydrogen-bond acceptors (Lipinski definition) is 6. The summed E-state index contributed by atoms with van der Waals surface area (Å²) in [5.74, 6) is 2.70. The van der Waals surface area contributed by atoms with Crippen LogP contribution in [-0.4, -0.2) is 53.5 Å². The number of nitrogens with zero attached hydrogens (tertiary/aromatic N) is 4. The third kappa shape index (κ3) is 5.63. The summed E-state index contributed by atoms with van der Waals surface area (Å²) >= 11 is 12.4. The van der Waals surface area contributed by atoms with Crippen molar-refractivity contribution >= 4 is 40.7 Å². The lowest BCUT2D eigenvalue weighted by molar-refractivity contribution is -0.118. The summed E-state index contributed by atoms with van der Waals surface area (Å²) in [6.07, 6.45) is 6.43. The molecule has 0 saturated carbocycles. The van der Waals surface area contributed by atoms with Crippen molar-refractivity contribution in [1.82, 2.24) is 14.9 Å². The van der Waals surface area contributed by atoms with Gasteiger partial charge in [-0.2, -0.15) is 0 Å². The van der Waals surface area contributed by atoms with Crippen molar-refractivity contribution in [1.29, 1.82) is 0 Å². The minimum absolute atomic E-state index is 0.0259. The molecule has 0 bridgehead atoms. The molecule has 2 aliphatic heterocycles. The molecule has 2 fully saturated rings. The molecule has 2 aromatic rings. The van der Waals surface area contributed by atoms with E-state index >= 15 is 0 Å². The third-order valence-corrected chi connectivity index (χ3v) is 7.09. The molecular formula is C23H30Cl2N6O. The fourth-order valence-corrected chi connectivity index (χ4v) is 5.25. The maximum Gasteiger partial charge on any atom is 0.218 e. The van der Waals surface area contributed by atoms with E-state index in [0.29, 0.717) is 28.3 Å². The zero-order valence-electron chi connectivity index (χ0n) is 18.3. The van der Waals surface area contributed by atoms with Gasteiger partial charge in [0, 0.05) is 42.6 Å². The topological polar surface area (TPSA) is 87.4 Å². The zero-order valence-corrected chi connectivity index (χ0v) is 19.8. The molecule has 3 N–H and O–H groups in total. The second-order valence-corrected chi connectivity index (χ2v) is 9.72. The van der Waals surface area contributed by atoms with Crippen molar-refractivity contribution in [3.63, 3.8) is 0 Å². The van der Waals surface area contributed by atoms with Gasteiger partial charge in [0.25, 0.3) is 0 Å². The van der Waals surface area contributed by atoms with Crippen LogP contribution < -0.4 is 16.0 Å². The van der Waals surface area contributed by atoms with Crippen molar-refractivity contribution in [2.24, 2.45) is 17.6 Å². The van der Waals surface area contributed by atoms with Crippen molar-refractivity contribution in [2.45, 2.75) is 32.2 Å². The Morgan fingerprint density at radius 2 is 2.06 bits per heavy atom. The second-order valence-electron chi connectivity index (χ2n) is 8.88. The van der Waals surface area contributed by atoms with E-state index in [9.17, 15) is 4.79 Å². The highest BCUT2D eigenvalue weighted by Crippen LogP contribution is 2.34. The van der Waals surface area contributed by atoms with Gasteiger partial charge in [-0.15, -0.1) is 0 Å². The first-order valence-electron chi connectivity index (χ1n) is 11.2. The number of likely N-dealkylation sites (tertiary alicyclic amines) is 1. The first-order chi connectivity index (χ1) is 15.4. The van der Waals surface area contributed by atoms with E-state index in [2.05, 4.69) is 20.1 Å². The number of piperidine rings is 1. The average Bonchev–Trinajstić information content (AvgIpc) is 2.72. The second kappa shape index (κ2) is 10.2.